The fourth-order valence-corrected chi connectivity index (χ4v) is 5.17. The van der Waals surface area contributed by atoms with Crippen LogP contribution in [0.2, 0.25) is 5.02 Å². The summed E-state index contributed by atoms with van der Waals surface area (Å²) in [4.78, 5) is 19.2. The van der Waals surface area contributed by atoms with Crippen LogP contribution in [0.5, 0.6) is 5.75 Å². The van der Waals surface area contributed by atoms with Gasteiger partial charge in [-0.2, -0.15) is 8.78 Å². The quantitative estimate of drug-likeness (QED) is 0.259. The molecule has 0 atom stereocenters. The fraction of sp³-hybridized carbons (Fsp3) is 0.143. The van der Waals surface area contributed by atoms with Crippen LogP contribution in [-0.2, 0) is 22.8 Å². The van der Waals surface area contributed by atoms with E-state index in [1.807, 2.05) is 22.8 Å². The van der Waals surface area contributed by atoms with Crippen LogP contribution in [0.1, 0.15) is 17.0 Å². The molecule has 0 amide bonds. The Morgan fingerprint density at radius 2 is 1.74 bits per heavy atom. The Morgan fingerprint density at radius 1 is 1.00 bits per heavy atom. The maximum absolute atomic E-state index is 13.1. The van der Waals surface area contributed by atoms with Crippen LogP contribution in [0, 0.1) is 0 Å². The van der Waals surface area contributed by atoms with Gasteiger partial charge in [0, 0.05) is 35.5 Å². The molecule has 0 saturated heterocycles. The van der Waals surface area contributed by atoms with Crippen LogP contribution < -0.4 is 10.3 Å². The number of hydrogen-bond acceptors (Lipinski definition) is 5. The van der Waals surface area contributed by atoms with Crippen LogP contribution in [0.15, 0.2) is 88.7 Å². The Bertz CT molecular complexity index is 1810. The van der Waals surface area contributed by atoms with E-state index in [1.165, 1.54) is 30.3 Å². The second-order valence-electron chi connectivity index (χ2n) is 8.98. The molecule has 39 heavy (non-hydrogen) atoms. The first-order valence-electron chi connectivity index (χ1n) is 11.8. The number of nitrogens with zero attached hydrogens (tertiary/aromatic N) is 2. The molecule has 5 aromatic rings. The Kier molecular flexibility index (Phi) is 7.24. The van der Waals surface area contributed by atoms with E-state index in [2.05, 4.69) is 4.98 Å². The molecule has 0 aliphatic rings. The maximum Gasteiger partial charge on any atom is 0.387 e. The number of aromatic nitrogens is 3. The van der Waals surface area contributed by atoms with Gasteiger partial charge in [-0.1, -0.05) is 29.8 Å². The van der Waals surface area contributed by atoms with Gasteiger partial charge in [0.05, 0.1) is 22.5 Å². The monoisotopic (exact) mass is 569 g/mol. The highest BCUT2D eigenvalue weighted by Crippen LogP contribution is 2.30. The first-order valence-corrected chi connectivity index (χ1v) is 14.0. The van der Waals surface area contributed by atoms with Crippen LogP contribution in [0.3, 0.4) is 0 Å². The summed E-state index contributed by atoms with van der Waals surface area (Å²) in [5.41, 5.74) is 4.03. The molecular weight excluding hydrogens is 548 g/mol. The molecule has 0 radical (unpaired) electrons. The lowest BCUT2D eigenvalue weighted by Gasteiger charge is -2.15. The normalized spacial score (nSPS) is 11.8. The largest absolute Gasteiger partial charge is 0.434 e. The second kappa shape index (κ2) is 10.6. The maximum atomic E-state index is 13.1. The average molecular weight is 570 g/mol. The number of sulfone groups is 1. The number of benzene rings is 3. The number of halogens is 3. The molecule has 200 valence electrons. The van der Waals surface area contributed by atoms with Crippen LogP contribution in [-0.4, -0.2) is 35.8 Å². The van der Waals surface area contributed by atoms with E-state index in [1.54, 1.807) is 30.5 Å². The summed E-state index contributed by atoms with van der Waals surface area (Å²) < 4.78 is 56.7. The highest BCUT2D eigenvalue weighted by Gasteiger charge is 2.17. The number of rotatable bonds is 8. The number of hydrogen-bond donors (Lipinski definition) is 1. The number of fused-ring (bicyclic) bond motifs is 1. The Hall–Kier alpha value is -4.02. The lowest BCUT2D eigenvalue weighted by Crippen LogP contribution is -2.10. The number of alkyl halides is 2. The van der Waals surface area contributed by atoms with Crippen LogP contribution in [0.25, 0.3) is 22.2 Å². The van der Waals surface area contributed by atoms with Crippen molar-refractivity contribution in [1.29, 1.82) is 0 Å². The molecule has 0 bridgehead atoms. The number of ether oxygens (including phenoxy) is 1. The zero-order chi connectivity index (χ0) is 27.7. The van der Waals surface area contributed by atoms with Gasteiger partial charge in [-0.15, -0.1) is 0 Å². The van der Waals surface area contributed by atoms with Crippen molar-refractivity contribution < 1.29 is 21.9 Å². The van der Waals surface area contributed by atoms with Crippen molar-refractivity contribution in [2.45, 2.75) is 24.5 Å². The number of imidazole rings is 1. The van der Waals surface area contributed by atoms with Crippen molar-refractivity contribution in [2.24, 2.45) is 0 Å². The summed E-state index contributed by atoms with van der Waals surface area (Å²) >= 11 is 6.20. The molecular formula is C28H22ClF2N3O4S. The fourth-order valence-electron chi connectivity index (χ4n) is 4.34. The highest BCUT2D eigenvalue weighted by molar-refractivity contribution is 7.90. The van der Waals surface area contributed by atoms with Crippen molar-refractivity contribution >= 4 is 32.5 Å². The van der Waals surface area contributed by atoms with Gasteiger partial charge in [0.15, 0.2) is 9.84 Å². The third kappa shape index (κ3) is 6.02. The van der Waals surface area contributed by atoms with E-state index < -0.39 is 16.4 Å². The molecule has 7 nitrogen and oxygen atoms in total. The second-order valence-corrected chi connectivity index (χ2v) is 11.4. The molecule has 0 fully saturated rings. The zero-order valence-electron chi connectivity index (χ0n) is 20.6. The number of pyridine rings is 1. The topological polar surface area (TPSA) is 94.0 Å². The van der Waals surface area contributed by atoms with E-state index in [0.29, 0.717) is 28.3 Å². The minimum atomic E-state index is -3.35. The van der Waals surface area contributed by atoms with Gasteiger partial charge in [0.2, 0.25) is 5.56 Å². The number of nitrogens with one attached hydrogen (secondary N) is 1. The predicted octanol–water partition coefficient (Wildman–Crippen LogP) is 5.69. The first-order chi connectivity index (χ1) is 18.6. The third-order valence-electron chi connectivity index (χ3n) is 6.23. The summed E-state index contributed by atoms with van der Waals surface area (Å²) in [5, 5.41) is 0.364. The van der Waals surface area contributed by atoms with E-state index in [0.717, 1.165) is 28.5 Å². The summed E-state index contributed by atoms with van der Waals surface area (Å²) in [6.45, 7) is -2.88. The average Bonchev–Trinajstić information content (AvgIpc) is 3.21. The van der Waals surface area contributed by atoms with E-state index in [9.17, 15) is 22.0 Å². The highest BCUT2D eigenvalue weighted by atomic mass is 35.5. The van der Waals surface area contributed by atoms with Crippen molar-refractivity contribution in [3.05, 3.63) is 111 Å². The smallest absolute Gasteiger partial charge is 0.387 e. The molecule has 0 aliphatic carbocycles. The van der Waals surface area contributed by atoms with Gasteiger partial charge in [-0.05, 0) is 65.2 Å². The first kappa shape index (κ1) is 26.6. The van der Waals surface area contributed by atoms with Gasteiger partial charge >= 0.3 is 6.61 Å². The molecule has 11 heteroatoms. The zero-order valence-corrected chi connectivity index (χ0v) is 22.1. The lowest BCUT2D eigenvalue weighted by atomic mass is 10.1. The molecule has 0 aliphatic heterocycles. The summed E-state index contributed by atoms with van der Waals surface area (Å²) in [5.74, 6) is 0.621. The number of H-pyrrole nitrogens is 1. The Morgan fingerprint density at radius 3 is 2.41 bits per heavy atom. The minimum Gasteiger partial charge on any atom is -0.434 e. The number of aromatic amines is 1. The molecule has 0 unspecified atom stereocenters. The van der Waals surface area contributed by atoms with Crippen molar-refractivity contribution in [2.75, 3.05) is 6.26 Å². The molecule has 5 rings (SSSR count). The van der Waals surface area contributed by atoms with Crippen molar-refractivity contribution in [1.82, 2.24) is 14.5 Å². The summed E-state index contributed by atoms with van der Waals surface area (Å²) in [7, 11) is -3.35. The van der Waals surface area contributed by atoms with Crippen molar-refractivity contribution in [3.8, 4) is 16.9 Å². The van der Waals surface area contributed by atoms with Gasteiger partial charge in [-0.3, -0.25) is 4.79 Å². The van der Waals surface area contributed by atoms with Gasteiger partial charge in [-0.25, -0.2) is 13.4 Å². The van der Waals surface area contributed by atoms with Crippen LogP contribution >= 0.6 is 11.6 Å². The SMILES string of the molecule is CS(=O)(=O)c1ccc(Cc2nc3ccc(-c4ccc(=O)[nH]c4)cc3n2Cc2cc(Cl)ccc2OC(F)F)cc1. The molecule has 1 N–H and O–H groups in total. The van der Waals surface area contributed by atoms with Crippen molar-refractivity contribution in [3.63, 3.8) is 0 Å². The minimum absolute atomic E-state index is 0.00325. The third-order valence-corrected chi connectivity index (χ3v) is 7.59. The molecule has 3 aromatic carbocycles. The summed E-state index contributed by atoms with van der Waals surface area (Å²) in [6, 6.07) is 19.7. The molecule has 0 spiro atoms. The summed E-state index contributed by atoms with van der Waals surface area (Å²) in [6.07, 6.45) is 3.10. The molecule has 2 heterocycles. The Labute approximate surface area is 227 Å². The standard InChI is InChI=1S/C28H22ClF2N3O4S/c1-39(36,37)22-7-2-17(3-8-22)12-26-33-23-9-4-18(19-5-11-27(35)32-15-19)14-24(23)34(26)16-20-13-21(29)6-10-25(20)38-28(30)31/h2-11,13-15,28H,12,16H2,1H3,(H,32,35). The Balaban J connectivity index is 1.63. The van der Waals surface area contributed by atoms with Crippen LogP contribution in [0.4, 0.5) is 8.78 Å². The molecule has 0 saturated carbocycles. The molecule has 2 aromatic heterocycles. The van der Waals surface area contributed by atoms with Gasteiger partial charge in [0.25, 0.3) is 0 Å². The van der Waals surface area contributed by atoms with E-state index >= 15 is 0 Å². The van der Waals surface area contributed by atoms with E-state index in [4.69, 9.17) is 21.3 Å². The van der Waals surface area contributed by atoms with Gasteiger partial charge in [0.1, 0.15) is 11.6 Å². The van der Waals surface area contributed by atoms with Gasteiger partial charge < -0.3 is 14.3 Å². The van der Waals surface area contributed by atoms with E-state index in [-0.39, 0.29) is 22.7 Å². The lowest BCUT2D eigenvalue weighted by molar-refractivity contribution is -0.0504. The predicted molar refractivity (Wildman–Crippen MR) is 145 cm³/mol.